The van der Waals surface area contributed by atoms with Crippen LogP contribution in [0.4, 0.5) is 0 Å². The summed E-state index contributed by atoms with van der Waals surface area (Å²) in [6.07, 6.45) is 7.94. The summed E-state index contributed by atoms with van der Waals surface area (Å²) in [6.45, 7) is 1.05. The van der Waals surface area contributed by atoms with E-state index in [9.17, 15) is 0 Å². The molecule has 0 saturated heterocycles. The van der Waals surface area contributed by atoms with Crippen LogP contribution < -0.4 is 5.32 Å². The highest BCUT2D eigenvalue weighted by atomic mass is 35.5. The van der Waals surface area contributed by atoms with Crippen LogP contribution in [0.25, 0.3) is 0 Å². The first-order valence-electron chi connectivity index (χ1n) is 6.33. The van der Waals surface area contributed by atoms with Gasteiger partial charge in [-0.15, -0.1) is 0 Å². The molecular weight excluding hydrogens is 218 g/mol. The molecular formula is C14H20ClN. The van der Waals surface area contributed by atoms with Crippen LogP contribution >= 0.6 is 11.6 Å². The van der Waals surface area contributed by atoms with Crippen molar-refractivity contribution in [3.05, 3.63) is 34.9 Å². The summed E-state index contributed by atoms with van der Waals surface area (Å²) in [4.78, 5) is 0. The third kappa shape index (κ3) is 3.50. The molecule has 1 N–H and O–H groups in total. The smallest absolute Gasteiger partial charge is 0.0438 e. The molecule has 0 heterocycles. The van der Waals surface area contributed by atoms with Crippen molar-refractivity contribution in [3.63, 3.8) is 0 Å². The third-order valence-corrected chi connectivity index (χ3v) is 3.76. The SMILES string of the molecule is Clc1ccccc1CCNC1CCCCC1. The summed E-state index contributed by atoms with van der Waals surface area (Å²) >= 11 is 6.12. The zero-order valence-electron chi connectivity index (χ0n) is 9.71. The molecule has 1 saturated carbocycles. The van der Waals surface area contributed by atoms with E-state index in [2.05, 4.69) is 17.4 Å². The second-order valence-electron chi connectivity index (χ2n) is 4.63. The lowest BCUT2D eigenvalue weighted by Gasteiger charge is -2.22. The van der Waals surface area contributed by atoms with E-state index in [1.807, 2.05) is 12.1 Å². The standard InChI is InChI=1S/C14H20ClN/c15-14-9-5-4-6-12(14)10-11-16-13-7-2-1-3-8-13/h4-6,9,13,16H,1-3,7-8,10-11H2. The monoisotopic (exact) mass is 237 g/mol. The third-order valence-electron chi connectivity index (χ3n) is 3.39. The molecule has 0 aliphatic heterocycles. The number of hydrogen-bond acceptors (Lipinski definition) is 1. The van der Waals surface area contributed by atoms with Crippen LogP contribution in [0.3, 0.4) is 0 Å². The summed E-state index contributed by atoms with van der Waals surface area (Å²) < 4.78 is 0. The largest absolute Gasteiger partial charge is 0.314 e. The van der Waals surface area contributed by atoms with Crippen molar-refractivity contribution in [1.82, 2.24) is 5.32 Å². The molecule has 1 aromatic rings. The number of hydrogen-bond donors (Lipinski definition) is 1. The first-order valence-corrected chi connectivity index (χ1v) is 6.71. The number of nitrogens with one attached hydrogen (secondary N) is 1. The van der Waals surface area contributed by atoms with Gasteiger partial charge in [0, 0.05) is 11.1 Å². The van der Waals surface area contributed by atoms with E-state index in [0.29, 0.717) is 0 Å². The maximum absolute atomic E-state index is 6.12. The van der Waals surface area contributed by atoms with Crippen molar-refractivity contribution in [2.24, 2.45) is 0 Å². The minimum absolute atomic E-state index is 0.747. The van der Waals surface area contributed by atoms with Crippen LogP contribution in [0.2, 0.25) is 5.02 Å². The van der Waals surface area contributed by atoms with Crippen LogP contribution in [0.1, 0.15) is 37.7 Å². The van der Waals surface area contributed by atoms with E-state index in [0.717, 1.165) is 24.0 Å². The zero-order valence-corrected chi connectivity index (χ0v) is 10.5. The molecule has 0 aromatic heterocycles. The summed E-state index contributed by atoms with van der Waals surface area (Å²) in [6, 6.07) is 8.88. The summed E-state index contributed by atoms with van der Waals surface area (Å²) in [5, 5.41) is 4.53. The minimum Gasteiger partial charge on any atom is -0.314 e. The fourth-order valence-electron chi connectivity index (χ4n) is 2.42. The van der Waals surface area contributed by atoms with E-state index in [1.54, 1.807) is 0 Å². The Morgan fingerprint density at radius 2 is 1.88 bits per heavy atom. The van der Waals surface area contributed by atoms with Crippen LogP contribution in [0, 0.1) is 0 Å². The van der Waals surface area contributed by atoms with Gasteiger partial charge >= 0.3 is 0 Å². The Bertz CT molecular complexity index is 318. The van der Waals surface area contributed by atoms with Gasteiger partial charge in [0.05, 0.1) is 0 Å². The fraction of sp³-hybridized carbons (Fsp3) is 0.571. The van der Waals surface area contributed by atoms with Crippen molar-refractivity contribution in [3.8, 4) is 0 Å². The second-order valence-corrected chi connectivity index (χ2v) is 5.04. The summed E-state index contributed by atoms with van der Waals surface area (Å²) in [5.74, 6) is 0. The van der Waals surface area contributed by atoms with Crippen LogP contribution in [0.15, 0.2) is 24.3 Å². The molecule has 1 aliphatic rings. The molecule has 2 heteroatoms. The molecule has 0 unspecified atom stereocenters. The zero-order chi connectivity index (χ0) is 11.2. The van der Waals surface area contributed by atoms with Gasteiger partial charge in [-0.1, -0.05) is 49.1 Å². The van der Waals surface area contributed by atoms with Crippen LogP contribution in [-0.4, -0.2) is 12.6 Å². The number of halogens is 1. The highest BCUT2D eigenvalue weighted by Gasteiger charge is 2.11. The fourth-order valence-corrected chi connectivity index (χ4v) is 2.65. The number of benzene rings is 1. The molecule has 0 atom stereocenters. The first kappa shape index (κ1) is 11.9. The average molecular weight is 238 g/mol. The van der Waals surface area contributed by atoms with Gasteiger partial charge in [0.15, 0.2) is 0 Å². The van der Waals surface area contributed by atoms with Gasteiger partial charge in [0.25, 0.3) is 0 Å². The molecule has 1 aliphatic carbocycles. The Kier molecular flexibility index (Phi) is 4.68. The van der Waals surface area contributed by atoms with E-state index in [4.69, 9.17) is 11.6 Å². The van der Waals surface area contributed by atoms with Gasteiger partial charge in [-0.05, 0) is 37.4 Å². The van der Waals surface area contributed by atoms with E-state index < -0.39 is 0 Å². The normalized spacial score (nSPS) is 17.6. The van der Waals surface area contributed by atoms with Crippen molar-refractivity contribution >= 4 is 11.6 Å². The second kappa shape index (κ2) is 6.27. The molecule has 0 spiro atoms. The lowest BCUT2D eigenvalue weighted by Crippen LogP contribution is -2.32. The molecule has 1 aromatic carbocycles. The van der Waals surface area contributed by atoms with E-state index in [-0.39, 0.29) is 0 Å². The molecule has 1 fully saturated rings. The number of rotatable bonds is 4. The van der Waals surface area contributed by atoms with Crippen molar-refractivity contribution in [2.75, 3.05) is 6.54 Å². The predicted molar refractivity (Wildman–Crippen MR) is 70.0 cm³/mol. The Balaban J connectivity index is 1.73. The average Bonchev–Trinajstić information content (AvgIpc) is 2.33. The van der Waals surface area contributed by atoms with Crippen molar-refractivity contribution in [1.29, 1.82) is 0 Å². The van der Waals surface area contributed by atoms with Crippen molar-refractivity contribution < 1.29 is 0 Å². The molecule has 88 valence electrons. The maximum atomic E-state index is 6.12. The molecule has 0 amide bonds. The molecule has 0 radical (unpaired) electrons. The summed E-state index contributed by atoms with van der Waals surface area (Å²) in [5.41, 5.74) is 1.26. The predicted octanol–water partition coefficient (Wildman–Crippen LogP) is 3.80. The molecule has 0 bridgehead atoms. The van der Waals surface area contributed by atoms with Gasteiger partial charge in [-0.2, -0.15) is 0 Å². The highest BCUT2D eigenvalue weighted by Crippen LogP contribution is 2.18. The lowest BCUT2D eigenvalue weighted by atomic mass is 9.95. The molecule has 2 rings (SSSR count). The summed E-state index contributed by atoms with van der Waals surface area (Å²) in [7, 11) is 0. The Hall–Kier alpha value is -0.530. The minimum atomic E-state index is 0.747. The molecule has 1 nitrogen and oxygen atoms in total. The van der Waals surface area contributed by atoms with E-state index in [1.165, 1.54) is 37.7 Å². The first-order chi connectivity index (χ1) is 7.86. The topological polar surface area (TPSA) is 12.0 Å². The van der Waals surface area contributed by atoms with Gasteiger partial charge in [0.2, 0.25) is 0 Å². The van der Waals surface area contributed by atoms with Gasteiger partial charge in [-0.3, -0.25) is 0 Å². The van der Waals surface area contributed by atoms with Crippen molar-refractivity contribution in [2.45, 2.75) is 44.6 Å². The quantitative estimate of drug-likeness (QED) is 0.840. The van der Waals surface area contributed by atoms with E-state index >= 15 is 0 Å². The van der Waals surface area contributed by atoms with Crippen LogP contribution in [-0.2, 0) is 6.42 Å². The van der Waals surface area contributed by atoms with Gasteiger partial charge in [-0.25, -0.2) is 0 Å². The Morgan fingerprint density at radius 1 is 1.12 bits per heavy atom. The van der Waals surface area contributed by atoms with Gasteiger partial charge < -0.3 is 5.32 Å². The lowest BCUT2D eigenvalue weighted by molar-refractivity contribution is 0.375. The van der Waals surface area contributed by atoms with Crippen LogP contribution in [0.5, 0.6) is 0 Å². The Labute approximate surface area is 103 Å². The maximum Gasteiger partial charge on any atom is 0.0438 e. The Morgan fingerprint density at radius 3 is 2.62 bits per heavy atom. The highest BCUT2D eigenvalue weighted by molar-refractivity contribution is 6.31. The molecule has 16 heavy (non-hydrogen) atoms. The van der Waals surface area contributed by atoms with Gasteiger partial charge in [0.1, 0.15) is 0 Å².